The third-order valence-electron chi connectivity index (χ3n) is 7.40. The van der Waals surface area contributed by atoms with Gasteiger partial charge in [0.05, 0.1) is 19.4 Å². The van der Waals surface area contributed by atoms with Crippen molar-refractivity contribution in [2.24, 2.45) is 0 Å². The van der Waals surface area contributed by atoms with Crippen LogP contribution in [0.2, 0.25) is 0 Å². The second kappa shape index (κ2) is 12.6. The Morgan fingerprint density at radius 1 is 1.29 bits per heavy atom. The van der Waals surface area contributed by atoms with Crippen molar-refractivity contribution >= 4 is 29.9 Å². The highest BCUT2D eigenvalue weighted by molar-refractivity contribution is 6.01. The number of aromatic nitrogens is 2. The number of nitrogens with one attached hydrogen (secondary N) is 1. The van der Waals surface area contributed by atoms with Crippen LogP contribution in [0.1, 0.15) is 46.4 Å². The Hall–Kier alpha value is -4.12. The number of pyridine rings is 2. The molecule has 13 heteroatoms. The molecular weight excluding hydrogens is 532 g/mol. The molecule has 5 heterocycles. The third kappa shape index (κ3) is 6.14. The number of likely N-dealkylation sites (N-methyl/N-ethyl adjacent to an activating group) is 1. The molecule has 0 bridgehead atoms. The topological polar surface area (TPSA) is 156 Å². The maximum absolute atomic E-state index is 13.4. The zero-order valence-corrected chi connectivity index (χ0v) is 23.0. The second-order valence-electron chi connectivity index (χ2n) is 10.2. The van der Waals surface area contributed by atoms with E-state index in [-0.39, 0.29) is 41.4 Å². The van der Waals surface area contributed by atoms with Crippen LogP contribution < -0.4 is 15.0 Å². The predicted octanol–water partition coefficient (Wildman–Crippen LogP) is 2.08. The van der Waals surface area contributed by atoms with Crippen molar-refractivity contribution in [3.63, 3.8) is 0 Å². The van der Waals surface area contributed by atoms with Gasteiger partial charge in [0.15, 0.2) is 12.4 Å². The molecule has 2 aromatic heterocycles. The molecule has 0 aliphatic carbocycles. The average Bonchev–Trinajstić information content (AvgIpc) is 3.68. The van der Waals surface area contributed by atoms with Gasteiger partial charge in [0.25, 0.3) is 5.91 Å². The molecule has 2 saturated heterocycles. The van der Waals surface area contributed by atoms with Crippen LogP contribution in [0, 0.1) is 11.3 Å². The molecule has 0 saturated carbocycles. The summed E-state index contributed by atoms with van der Waals surface area (Å²) in [5, 5.41) is 12.3. The van der Waals surface area contributed by atoms with Crippen LogP contribution in [-0.4, -0.2) is 91.9 Å². The minimum atomic E-state index is -0.490. The molecule has 13 nitrogen and oxygen atoms in total. The van der Waals surface area contributed by atoms with E-state index in [0.29, 0.717) is 63.3 Å². The zero-order valence-electron chi connectivity index (χ0n) is 23.0. The van der Waals surface area contributed by atoms with Gasteiger partial charge in [0.1, 0.15) is 46.9 Å². The summed E-state index contributed by atoms with van der Waals surface area (Å²) in [6, 6.07) is 4.88. The van der Waals surface area contributed by atoms with Gasteiger partial charge in [-0.3, -0.25) is 19.8 Å². The number of carbonyl (C=O) groups is 3. The number of anilines is 2. The van der Waals surface area contributed by atoms with Crippen molar-refractivity contribution in [2.75, 3.05) is 50.7 Å². The van der Waals surface area contributed by atoms with E-state index in [1.807, 2.05) is 12.1 Å². The first-order chi connectivity index (χ1) is 19.9. The second-order valence-corrected chi connectivity index (χ2v) is 10.2. The number of methoxy groups -OCH3 is 1. The summed E-state index contributed by atoms with van der Waals surface area (Å²) in [7, 11) is 3.24. The Labute approximate surface area is 237 Å². The van der Waals surface area contributed by atoms with Crippen LogP contribution >= 0.6 is 0 Å². The molecule has 0 radical (unpaired) electrons. The normalized spacial score (nSPS) is 21.6. The van der Waals surface area contributed by atoms with Gasteiger partial charge >= 0.3 is 6.03 Å². The molecule has 0 spiro atoms. The highest BCUT2D eigenvalue weighted by Crippen LogP contribution is 2.30. The zero-order chi connectivity index (χ0) is 28.9. The minimum absolute atomic E-state index is 0.130. The van der Waals surface area contributed by atoms with Crippen molar-refractivity contribution in [1.82, 2.24) is 14.9 Å². The number of fused-ring (bicyclic) bond motifs is 1. The number of nitrogens with zero attached hydrogens (tertiary/aromatic N) is 5. The van der Waals surface area contributed by atoms with Gasteiger partial charge in [0, 0.05) is 45.5 Å². The van der Waals surface area contributed by atoms with Gasteiger partial charge in [-0.25, -0.2) is 14.8 Å². The summed E-state index contributed by atoms with van der Waals surface area (Å²) in [5.41, 5.74) is 1.78. The summed E-state index contributed by atoms with van der Waals surface area (Å²) < 4.78 is 22.3. The SMILES string of the molecule is CO[C@@H]1COC[C@H]1Oc1cc(NC(=O)N2CCCc3cc(CN(C)C(=O)[C@H]4CCCO4)c(C=O)nc32)ncc1C#N. The lowest BCUT2D eigenvalue weighted by Gasteiger charge is -2.29. The Kier molecular flexibility index (Phi) is 8.72. The van der Waals surface area contributed by atoms with Gasteiger partial charge in [-0.05, 0) is 37.3 Å². The van der Waals surface area contributed by atoms with Crippen molar-refractivity contribution in [2.45, 2.75) is 50.5 Å². The highest BCUT2D eigenvalue weighted by Gasteiger charge is 2.32. The number of ether oxygens (including phenoxy) is 4. The van der Waals surface area contributed by atoms with Crippen molar-refractivity contribution < 1.29 is 33.3 Å². The fourth-order valence-electron chi connectivity index (χ4n) is 5.21. The lowest BCUT2D eigenvalue weighted by Crippen LogP contribution is -2.40. The number of aldehydes is 1. The molecule has 3 amide bonds. The number of nitriles is 1. The Balaban J connectivity index is 1.33. The summed E-state index contributed by atoms with van der Waals surface area (Å²) in [5.74, 6) is 0.686. The maximum Gasteiger partial charge on any atom is 0.328 e. The van der Waals surface area contributed by atoms with Gasteiger partial charge in [-0.15, -0.1) is 0 Å². The van der Waals surface area contributed by atoms with E-state index in [2.05, 4.69) is 15.3 Å². The number of carbonyl (C=O) groups excluding carboxylic acids is 3. The number of aryl methyl sites for hydroxylation is 1. The minimum Gasteiger partial charge on any atom is -0.484 e. The first-order valence-corrected chi connectivity index (χ1v) is 13.5. The lowest BCUT2D eigenvalue weighted by atomic mass is 10.0. The van der Waals surface area contributed by atoms with E-state index in [9.17, 15) is 19.6 Å². The predicted molar refractivity (Wildman–Crippen MR) is 145 cm³/mol. The summed E-state index contributed by atoms with van der Waals surface area (Å²) in [4.78, 5) is 49.8. The van der Waals surface area contributed by atoms with E-state index in [0.717, 1.165) is 12.0 Å². The molecule has 2 aromatic rings. The highest BCUT2D eigenvalue weighted by atomic mass is 16.6. The van der Waals surface area contributed by atoms with Gasteiger partial charge in [-0.2, -0.15) is 5.26 Å². The number of urea groups is 1. The Bertz CT molecular complexity index is 1360. The molecule has 3 aliphatic heterocycles. The van der Waals surface area contributed by atoms with Crippen LogP contribution in [0.15, 0.2) is 18.3 Å². The molecular formula is C28H32N6O7. The summed E-state index contributed by atoms with van der Waals surface area (Å²) in [6.45, 7) is 1.84. The average molecular weight is 565 g/mol. The van der Waals surface area contributed by atoms with Crippen LogP contribution in [0.5, 0.6) is 5.75 Å². The molecule has 0 unspecified atom stereocenters. The van der Waals surface area contributed by atoms with Gasteiger partial charge in [0.2, 0.25) is 0 Å². The molecule has 0 aromatic carbocycles. The van der Waals surface area contributed by atoms with E-state index >= 15 is 0 Å². The Morgan fingerprint density at radius 2 is 2.12 bits per heavy atom. The first-order valence-electron chi connectivity index (χ1n) is 13.5. The maximum atomic E-state index is 13.4. The fraction of sp³-hybridized carbons (Fsp3) is 0.500. The quantitative estimate of drug-likeness (QED) is 0.471. The molecule has 3 aliphatic rings. The van der Waals surface area contributed by atoms with E-state index < -0.39 is 18.2 Å². The summed E-state index contributed by atoms with van der Waals surface area (Å²) in [6.07, 6.45) is 3.69. The molecule has 3 atom stereocenters. The number of amides is 3. The molecule has 216 valence electrons. The van der Waals surface area contributed by atoms with Crippen molar-refractivity contribution in [3.05, 3.63) is 40.7 Å². The first kappa shape index (κ1) is 28.4. The van der Waals surface area contributed by atoms with E-state index in [4.69, 9.17) is 18.9 Å². The van der Waals surface area contributed by atoms with Crippen LogP contribution in [0.3, 0.4) is 0 Å². The number of hydrogen-bond donors (Lipinski definition) is 1. The molecule has 5 rings (SSSR count). The standard InChI is InChI=1S/C28H32N6O7/c1-33(27(36)21-6-4-8-40-21)13-18-9-17-5-3-7-34(26(17)31-20(18)14-35)28(37)32-25-10-22(19(11-29)12-30-25)41-24-16-39-15-23(24)38-2/h9-10,12,14,21,23-24H,3-8,13,15-16H2,1-2H3,(H,30,32,37)/t21-,23-,24-/m1/s1. The number of hydrogen-bond acceptors (Lipinski definition) is 10. The lowest BCUT2D eigenvalue weighted by molar-refractivity contribution is -0.140. The smallest absolute Gasteiger partial charge is 0.328 e. The third-order valence-corrected chi connectivity index (χ3v) is 7.40. The largest absolute Gasteiger partial charge is 0.484 e. The van der Waals surface area contributed by atoms with Crippen LogP contribution in [0.25, 0.3) is 0 Å². The molecule has 41 heavy (non-hydrogen) atoms. The summed E-state index contributed by atoms with van der Waals surface area (Å²) >= 11 is 0. The van der Waals surface area contributed by atoms with Crippen molar-refractivity contribution in [3.8, 4) is 11.8 Å². The monoisotopic (exact) mass is 564 g/mol. The molecule has 2 fully saturated rings. The van der Waals surface area contributed by atoms with E-state index in [1.54, 1.807) is 19.1 Å². The number of rotatable bonds is 8. The van der Waals surface area contributed by atoms with Crippen molar-refractivity contribution in [1.29, 1.82) is 5.26 Å². The van der Waals surface area contributed by atoms with Gasteiger partial charge in [-0.1, -0.05) is 0 Å². The van der Waals surface area contributed by atoms with Crippen LogP contribution in [-0.2, 0) is 32.0 Å². The Morgan fingerprint density at radius 3 is 2.85 bits per heavy atom. The van der Waals surface area contributed by atoms with E-state index in [1.165, 1.54) is 17.2 Å². The van der Waals surface area contributed by atoms with Gasteiger partial charge < -0.3 is 23.8 Å². The molecule has 1 N–H and O–H groups in total. The fourth-order valence-corrected chi connectivity index (χ4v) is 5.21. The van der Waals surface area contributed by atoms with Crippen LogP contribution in [0.4, 0.5) is 16.4 Å².